The highest BCUT2D eigenvalue weighted by Gasteiger charge is 2.29. The van der Waals surface area contributed by atoms with Crippen molar-refractivity contribution in [3.05, 3.63) is 21.4 Å². The molecule has 0 spiro atoms. The molecule has 0 aliphatic heterocycles. The molecule has 0 atom stereocenters. The number of aryl methyl sites for hydroxylation is 2. The summed E-state index contributed by atoms with van der Waals surface area (Å²) in [4.78, 5) is 14.0. The van der Waals surface area contributed by atoms with Crippen LogP contribution >= 0.6 is 11.3 Å². The van der Waals surface area contributed by atoms with E-state index in [9.17, 15) is 4.79 Å². The second kappa shape index (κ2) is 3.73. The SMILES string of the molecule is Cc1cc(CNC(=O)C2CC2)sc1C. The van der Waals surface area contributed by atoms with Crippen LogP contribution in [0.15, 0.2) is 6.07 Å². The van der Waals surface area contributed by atoms with Crippen LogP contribution in [0.3, 0.4) is 0 Å². The number of amides is 1. The summed E-state index contributed by atoms with van der Waals surface area (Å²) in [5.74, 6) is 0.547. The van der Waals surface area contributed by atoms with Crippen LogP contribution in [0.1, 0.15) is 28.2 Å². The van der Waals surface area contributed by atoms with Gasteiger partial charge in [-0.2, -0.15) is 0 Å². The summed E-state index contributed by atoms with van der Waals surface area (Å²) in [6, 6.07) is 2.16. The third-order valence-corrected chi connectivity index (χ3v) is 3.75. The van der Waals surface area contributed by atoms with Crippen molar-refractivity contribution in [3.63, 3.8) is 0 Å². The van der Waals surface area contributed by atoms with Gasteiger partial charge in [-0.15, -0.1) is 11.3 Å². The van der Waals surface area contributed by atoms with Gasteiger partial charge in [0.2, 0.25) is 5.91 Å². The minimum Gasteiger partial charge on any atom is -0.351 e. The second-order valence-corrected chi connectivity index (χ2v) is 5.28. The maximum Gasteiger partial charge on any atom is 0.223 e. The molecular formula is C11H15NOS. The van der Waals surface area contributed by atoms with Crippen molar-refractivity contribution in [2.45, 2.75) is 33.2 Å². The van der Waals surface area contributed by atoms with Crippen LogP contribution in [0, 0.1) is 19.8 Å². The highest BCUT2D eigenvalue weighted by molar-refractivity contribution is 7.12. The average Bonchev–Trinajstić information content (AvgIpc) is 2.92. The molecule has 1 aliphatic carbocycles. The highest BCUT2D eigenvalue weighted by atomic mass is 32.1. The van der Waals surface area contributed by atoms with Gasteiger partial charge in [-0.1, -0.05) is 0 Å². The second-order valence-electron chi connectivity index (χ2n) is 3.94. The predicted molar refractivity (Wildman–Crippen MR) is 58.4 cm³/mol. The molecule has 1 N–H and O–H groups in total. The third kappa shape index (κ3) is 2.15. The van der Waals surface area contributed by atoms with Crippen LogP contribution in [0.5, 0.6) is 0 Å². The monoisotopic (exact) mass is 209 g/mol. The molecule has 2 rings (SSSR count). The third-order valence-electron chi connectivity index (χ3n) is 2.60. The van der Waals surface area contributed by atoms with Crippen molar-refractivity contribution in [1.29, 1.82) is 0 Å². The summed E-state index contributed by atoms with van der Waals surface area (Å²) in [5.41, 5.74) is 1.32. The summed E-state index contributed by atoms with van der Waals surface area (Å²) in [7, 11) is 0. The molecule has 2 nitrogen and oxygen atoms in total. The van der Waals surface area contributed by atoms with Gasteiger partial charge in [-0.25, -0.2) is 0 Å². The van der Waals surface area contributed by atoms with E-state index in [0.29, 0.717) is 12.5 Å². The minimum atomic E-state index is 0.230. The van der Waals surface area contributed by atoms with E-state index in [1.807, 2.05) is 0 Å². The Bertz CT molecular complexity index is 333. The molecule has 0 radical (unpaired) electrons. The van der Waals surface area contributed by atoms with E-state index >= 15 is 0 Å². The number of carbonyl (C=O) groups is 1. The lowest BCUT2D eigenvalue weighted by atomic mass is 10.3. The van der Waals surface area contributed by atoms with Gasteiger partial charge in [-0.05, 0) is 38.3 Å². The van der Waals surface area contributed by atoms with Gasteiger partial charge in [-0.3, -0.25) is 4.79 Å². The number of nitrogens with one attached hydrogen (secondary N) is 1. The Balaban J connectivity index is 1.87. The van der Waals surface area contributed by atoms with E-state index in [4.69, 9.17) is 0 Å². The van der Waals surface area contributed by atoms with E-state index in [1.165, 1.54) is 15.3 Å². The van der Waals surface area contributed by atoms with Crippen molar-refractivity contribution < 1.29 is 4.79 Å². The van der Waals surface area contributed by atoms with E-state index in [-0.39, 0.29) is 5.91 Å². The first-order valence-electron chi connectivity index (χ1n) is 5.00. The smallest absolute Gasteiger partial charge is 0.223 e. The zero-order valence-corrected chi connectivity index (χ0v) is 9.41. The summed E-state index contributed by atoms with van der Waals surface area (Å²) in [6.07, 6.45) is 2.16. The first kappa shape index (κ1) is 9.71. The lowest BCUT2D eigenvalue weighted by molar-refractivity contribution is -0.122. The standard InChI is InChI=1S/C11H15NOS/c1-7-5-10(14-8(7)2)6-12-11(13)9-3-4-9/h5,9H,3-4,6H2,1-2H3,(H,12,13). The Morgan fingerprint density at radius 1 is 1.57 bits per heavy atom. The fourth-order valence-corrected chi connectivity index (χ4v) is 2.39. The number of hydrogen-bond acceptors (Lipinski definition) is 2. The quantitative estimate of drug-likeness (QED) is 0.813. The molecule has 3 heteroatoms. The highest BCUT2D eigenvalue weighted by Crippen LogP contribution is 2.29. The molecular weight excluding hydrogens is 194 g/mol. The molecule has 1 aliphatic rings. The minimum absolute atomic E-state index is 0.230. The Hall–Kier alpha value is -0.830. The molecule has 1 heterocycles. The average molecular weight is 209 g/mol. The van der Waals surface area contributed by atoms with E-state index < -0.39 is 0 Å². The Morgan fingerprint density at radius 2 is 2.29 bits per heavy atom. The molecule has 0 unspecified atom stereocenters. The summed E-state index contributed by atoms with van der Waals surface area (Å²) in [6.45, 7) is 4.93. The molecule has 0 saturated heterocycles. The Kier molecular flexibility index (Phi) is 2.59. The lowest BCUT2D eigenvalue weighted by Crippen LogP contribution is -2.23. The number of thiophene rings is 1. The van der Waals surface area contributed by atoms with Crippen LogP contribution in [0.2, 0.25) is 0 Å². The topological polar surface area (TPSA) is 29.1 Å². The van der Waals surface area contributed by atoms with Gasteiger partial charge in [0.05, 0.1) is 6.54 Å². The molecule has 0 bridgehead atoms. The van der Waals surface area contributed by atoms with Gasteiger partial charge < -0.3 is 5.32 Å². The molecule has 1 aromatic rings. The van der Waals surface area contributed by atoms with Crippen molar-refractivity contribution in [2.24, 2.45) is 5.92 Å². The lowest BCUT2D eigenvalue weighted by Gasteiger charge is -2.00. The first-order chi connectivity index (χ1) is 6.66. The predicted octanol–water partition coefficient (Wildman–Crippen LogP) is 2.39. The van der Waals surface area contributed by atoms with Gasteiger partial charge >= 0.3 is 0 Å². The van der Waals surface area contributed by atoms with Crippen LogP contribution in [0.4, 0.5) is 0 Å². The molecule has 76 valence electrons. The molecule has 1 fully saturated rings. The Labute approximate surface area is 88.3 Å². The molecule has 1 saturated carbocycles. The fraction of sp³-hybridized carbons (Fsp3) is 0.545. The molecule has 1 aromatic heterocycles. The van der Waals surface area contributed by atoms with Crippen LogP contribution in [-0.4, -0.2) is 5.91 Å². The summed E-state index contributed by atoms with van der Waals surface area (Å²) < 4.78 is 0. The van der Waals surface area contributed by atoms with Crippen LogP contribution in [-0.2, 0) is 11.3 Å². The number of rotatable bonds is 3. The van der Waals surface area contributed by atoms with Crippen LogP contribution in [0.25, 0.3) is 0 Å². The van der Waals surface area contributed by atoms with Gasteiger partial charge in [0.15, 0.2) is 0 Å². The van der Waals surface area contributed by atoms with Gasteiger partial charge in [0, 0.05) is 15.7 Å². The summed E-state index contributed by atoms with van der Waals surface area (Å²) >= 11 is 1.77. The van der Waals surface area contributed by atoms with Crippen molar-refractivity contribution in [3.8, 4) is 0 Å². The van der Waals surface area contributed by atoms with E-state index in [1.54, 1.807) is 11.3 Å². The van der Waals surface area contributed by atoms with E-state index in [2.05, 4.69) is 25.2 Å². The zero-order chi connectivity index (χ0) is 10.1. The van der Waals surface area contributed by atoms with Crippen molar-refractivity contribution in [1.82, 2.24) is 5.32 Å². The first-order valence-corrected chi connectivity index (χ1v) is 5.82. The zero-order valence-electron chi connectivity index (χ0n) is 8.59. The van der Waals surface area contributed by atoms with E-state index in [0.717, 1.165) is 12.8 Å². The molecule has 14 heavy (non-hydrogen) atoms. The maximum absolute atomic E-state index is 11.4. The molecule has 1 amide bonds. The van der Waals surface area contributed by atoms with Crippen molar-refractivity contribution >= 4 is 17.2 Å². The normalized spacial score (nSPS) is 15.6. The van der Waals surface area contributed by atoms with Crippen LogP contribution < -0.4 is 5.32 Å². The fourth-order valence-electron chi connectivity index (χ4n) is 1.40. The number of hydrogen-bond donors (Lipinski definition) is 1. The molecule has 0 aromatic carbocycles. The largest absolute Gasteiger partial charge is 0.351 e. The summed E-state index contributed by atoms with van der Waals surface area (Å²) in [5, 5.41) is 2.97. The maximum atomic E-state index is 11.4. The Morgan fingerprint density at radius 3 is 2.79 bits per heavy atom. The number of carbonyl (C=O) groups excluding carboxylic acids is 1. The van der Waals surface area contributed by atoms with Gasteiger partial charge in [0.1, 0.15) is 0 Å². The van der Waals surface area contributed by atoms with Crippen molar-refractivity contribution in [2.75, 3.05) is 0 Å². The van der Waals surface area contributed by atoms with Gasteiger partial charge in [0.25, 0.3) is 0 Å².